The topological polar surface area (TPSA) is 30.9 Å². The van der Waals surface area contributed by atoms with E-state index in [0.717, 1.165) is 25.2 Å². The predicted octanol–water partition coefficient (Wildman–Crippen LogP) is 2.91. The Bertz CT molecular complexity index is 460. The predicted molar refractivity (Wildman–Crippen MR) is 74.9 cm³/mol. The monoisotopic (exact) mass is 301 g/mol. The molecule has 1 fully saturated rings. The third-order valence-corrected chi connectivity index (χ3v) is 3.35. The number of halogens is 2. The van der Waals surface area contributed by atoms with Crippen LogP contribution in [0.25, 0.3) is 0 Å². The zero-order valence-electron chi connectivity index (χ0n) is 12.5. The second kappa shape index (κ2) is 7.04. The molecule has 1 saturated heterocycles. The Morgan fingerprint density at radius 2 is 1.90 bits per heavy atom. The first-order chi connectivity index (χ1) is 9.97. The van der Waals surface area contributed by atoms with Gasteiger partial charge in [-0.05, 0) is 31.5 Å². The highest BCUT2D eigenvalue weighted by atomic mass is 19.3. The molecule has 0 N–H and O–H groups in total. The van der Waals surface area contributed by atoms with Gasteiger partial charge in [0.15, 0.2) is 11.5 Å². The third-order valence-electron chi connectivity index (χ3n) is 3.35. The van der Waals surface area contributed by atoms with Gasteiger partial charge >= 0.3 is 6.61 Å². The first kappa shape index (κ1) is 16.0. The van der Waals surface area contributed by atoms with E-state index in [1.54, 1.807) is 12.1 Å². The van der Waals surface area contributed by atoms with Gasteiger partial charge in [-0.1, -0.05) is 6.07 Å². The molecule has 21 heavy (non-hydrogen) atoms. The maximum absolute atomic E-state index is 12.3. The summed E-state index contributed by atoms with van der Waals surface area (Å²) in [7, 11) is 1.44. The first-order valence-corrected chi connectivity index (χ1v) is 6.97. The van der Waals surface area contributed by atoms with Gasteiger partial charge in [0.05, 0.1) is 19.3 Å². The average Bonchev–Trinajstić information content (AvgIpc) is 2.38. The molecule has 0 bridgehead atoms. The summed E-state index contributed by atoms with van der Waals surface area (Å²) in [5.41, 5.74) is 0.995. The van der Waals surface area contributed by atoms with E-state index in [2.05, 4.69) is 9.64 Å². The van der Waals surface area contributed by atoms with Crippen LogP contribution < -0.4 is 9.47 Å². The average molecular weight is 301 g/mol. The number of ether oxygens (including phenoxy) is 3. The lowest BCUT2D eigenvalue weighted by Gasteiger charge is -2.35. The summed E-state index contributed by atoms with van der Waals surface area (Å²) in [5, 5.41) is 0. The van der Waals surface area contributed by atoms with Crippen LogP contribution in [0.3, 0.4) is 0 Å². The molecule has 0 unspecified atom stereocenters. The fourth-order valence-corrected chi connectivity index (χ4v) is 2.68. The SMILES string of the molecule is COc1cc(CN2C[C@H](C)O[C@@H](C)C2)ccc1OC(F)F. The molecule has 0 saturated carbocycles. The molecular formula is C15H21F2NO3. The van der Waals surface area contributed by atoms with Crippen molar-refractivity contribution in [1.82, 2.24) is 4.90 Å². The summed E-state index contributed by atoms with van der Waals surface area (Å²) in [6.45, 7) is 3.66. The van der Waals surface area contributed by atoms with E-state index < -0.39 is 6.61 Å². The number of morpholine rings is 1. The van der Waals surface area contributed by atoms with Crippen LogP contribution in [-0.2, 0) is 11.3 Å². The highest BCUT2D eigenvalue weighted by Crippen LogP contribution is 2.30. The van der Waals surface area contributed by atoms with Gasteiger partial charge in [-0.25, -0.2) is 0 Å². The molecule has 0 spiro atoms. The number of methoxy groups -OCH3 is 1. The van der Waals surface area contributed by atoms with Crippen LogP contribution in [-0.4, -0.2) is 43.9 Å². The molecule has 0 aromatic heterocycles. The van der Waals surface area contributed by atoms with E-state index in [0.29, 0.717) is 5.75 Å². The van der Waals surface area contributed by atoms with Crippen molar-refractivity contribution in [3.8, 4) is 11.5 Å². The van der Waals surface area contributed by atoms with E-state index >= 15 is 0 Å². The lowest BCUT2D eigenvalue weighted by Crippen LogP contribution is -2.44. The highest BCUT2D eigenvalue weighted by molar-refractivity contribution is 5.43. The van der Waals surface area contributed by atoms with Crippen LogP contribution in [0.4, 0.5) is 8.78 Å². The minimum absolute atomic E-state index is 0.0555. The minimum atomic E-state index is -2.86. The number of benzene rings is 1. The smallest absolute Gasteiger partial charge is 0.387 e. The zero-order chi connectivity index (χ0) is 15.4. The molecule has 6 heteroatoms. The molecule has 0 radical (unpaired) electrons. The summed E-state index contributed by atoms with van der Waals surface area (Å²) < 4.78 is 39.8. The van der Waals surface area contributed by atoms with Crippen LogP contribution in [0.5, 0.6) is 11.5 Å². The summed E-state index contributed by atoms with van der Waals surface area (Å²) in [6.07, 6.45) is 0.383. The Hall–Kier alpha value is -1.40. The number of nitrogens with zero attached hydrogens (tertiary/aromatic N) is 1. The fourth-order valence-electron chi connectivity index (χ4n) is 2.68. The van der Waals surface area contributed by atoms with E-state index in [-0.39, 0.29) is 18.0 Å². The van der Waals surface area contributed by atoms with Gasteiger partial charge in [-0.2, -0.15) is 8.78 Å². The van der Waals surface area contributed by atoms with Crippen LogP contribution >= 0.6 is 0 Å². The maximum Gasteiger partial charge on any atom is 0.387 e. The Labute approximate surface area is 123 Å². The first-order valence-electron chi connectivity index (χ1n) is 6.97. The Morgan fingerprint density at radius 1 is 1.24 bits per heavy atom. The molecule has 0 aliphatic carbocycles. The molecule has 1 aliphatic heterocycles. The van der Waals surface area contributed by atoms with Crippen LogP contribution in [0.1, 0.15) is 19.4 Å². The van der Waals surface area contributed by atoms with Gasteiger partial charge in [-0.15, -0.1) is 0 Å². The largest absolute Gasteiger partial charge is 0.493 e. The van der Waals surface area contributed by atoms with Crippen LogP contribution in [0.15, 0.2) is 18.2 Å². The van der Waals surface area contributed by atoms with E-state index in [1.807, 2.05) is 13.8 Å². The van der Waals surface area contributed by atoms with Crippen LogP contribution in [0.2, 0.25) is 0 Å². The van der Waals surface area contributed by atoms with Crippen molar-refractivity contribution in [2.24, 2.45) is 0 Å². The molecule has 1 aromatic carbocycles. The fraction of sp³-hybridized carbons (Fsp3) is 0.600. The van der Waals surface area contributed by atoms with Gasteiger partial charge in [0, 0.05) is 19.6 Å². The quantitative estimate of drug-likeness (QED) is 0.837. The van der Waals surface area contributed by atoms with Crippen molar-refractivity contribution < 1.29 is 23.0 Å². The lowest BCUT2D eigenvalue weighted by atomic mass is 10.1. The van der Waals surface area contributed by atoms with Crippen molar-refractivity contribution in [3.63, 3.8) is 0 Å². The second-order valence-corrected chi connectivity index (χ2v) is 5.32. The molecule has 1 aliphatic rings. The molecule has 4 nitrogen and oxygen atoms in total. The summed E-state index contributed by atoms with van der Waals surface area (Å²) >= 11 is 0. The number of alkyl halides is 2. The Kier molecular flexibility index (Phi) is 5.36. The summed E-state index contributed by atoms with van der Waals surface area (Å²) in [4.78, 5) is 2.28. The molecule has 118 valence electrons. The highest BCUT2D eigenvalue weighted by Gasteiger charge is 2.22. The minimum Gasteiger partial charge on any atom is -0.493 e. The second-order valence-electron chi connectivity index (χ2n) is 5.32. The summed E-state index contributed by atoms with van der Waals surface area (Å²) in [6, 6.07) is 5.04. The Morgan fingerprint density at radius 3 is 2.48 bits per heavy atom. The van der Waals surface area contributed by atoms with Crippen molar-refractivity contribution in [3.05, 3.63) is 23.8 Å². The van der Waals surface area contributed by atoms with Gasteiger partial charge < -0.3 is 14.2 Å². The number of rotatable bonds is 5. The molecule has 0 amide bonds. The van der Waals surface area contributed by atoms with Crippen molar-refractivity contribution in [2.75, 3.05) is 20.2 Å². The standard InChI is InChI=1S/C15H21F2NO3/c1-10-7-18(8-11(2)20-10)9-12-4-5-13(21-15(16)17)14(6-12)19-3/h4-6,10-11,15H,7-9H2,1-3H3/t10-,11-/m0/s1. The molecular weight excluding hydrogens is 280 g/mol. The van der Waals surface area contributed by atoms with Crippen LogP contribution in [0, 0.1) is 0 Å². The molecule has 1 heterocycles. The Balaban J connectivity index is 2.06. The number of hydrogen-bond donors (Lipinski definition) is 0. The van der Waals surface area contributed by atoms with E-state index in [1.165, 1.54) is 13.2 Å². The molecule has 2 rings (SSSR count). The lowest BCUT2D eigenvalue weighted by molar-refractivity contribution is -0.0705. The van der Waals surface area contributed by atoms with Gasteiger partial charge in [-0.3, -0.25) is 4.90 Å². The van der Waals surface area contributed by atoms with E-state index in [9.17, 15) is 8.78 Å². The van der Waals surface area contributed by atoms with Gasteiger partial charge in [0.2, 0.25) is 0 Å². The van der Waals surface area contributed by atoms with Gasteiger partial charge in [0.1, 0.15) is 0 Å². The normalized spacial score (nSPS) is 23.3. The maximum atomic E-state index is 12.3. The summed E-state index contributed by atoms with van der Waals surface area (Å²) in [5.74, 6) is 0.377. The molecule has 2 atom stereocenters. The molecule has 1 aromatic rings. The third kappa shape index (κ3) is 4.54. The van der Waals surface area contributed by atoms with Crippen molar-refractivity contribution >= 4 is 0 Å². The van der Waals surface area contributed by atoms with E-state index in [4.69, 9.17) is 9.47 Å². The van der Waals surface area contributed by atoms with Crippen molar-refractivity contribution in [2.45, 2.75) is 39.2 Å². The number of hydrogen-bond acceptors (Lipinski definition) is 4. The van der Waals surface area contributed by atoms with Gasteiger partial charge in [0.25, 0.3) is 0 Å². The zero-order valence-corrected chi connectivity index (χ0v) is 12.5. The van der Waals surface area contributed by atoms with Crippen molar-refractivity contribution in [1.29, 1.82) is 0 Å².